The van der Waals surface area contributed by atoms with E-state index in [1.54, 1.807) is 23.0 Å². The number of aromatic nitrogens is 3. The van der Waals surface area contributed by atoms with Crippen LogP contribution in [0.15, 0.2) is 42.7 Å². The van der Waals surface area contributed by atoms with Gasteiger partial charge in [-0.3, -0.25) is 4.79 Å². The van der Waals surface area contributed by atoms with Crippen molar-refractivity contribution in [3.63, 3.8) is 0 Å². The van der Waals surface area contributed by atoms with Crippen LogP contribution in [-0.2, 0) is 0 Å². The number of nitrogens with zero attached hydrogens (tertiary/aromatic N) is 3. The van der Waals surface area contributed by atoms with Crippen molar-refractivity contribution in [2.75, 3.05) is 0 Å². The Hall–Kier alpha value is -2.40. The second-order valence-electron chi connectivity index (χ2n) is 5.40. The summed E-state index contributed by atoms with van der Waals surface area (Å²) in [6, 6.07) is 9.27. The number of halogens is 1. The van der Waals surface area contributed by atoms with Crippen molar-refractivity contribution in [1.82, 2.24) is 19.9 Å². The van der Waals surface area contributed by atoms with Crippen LogP contribution in [0.3, 0.4) is 0 Å². The average molecular weight is 329 g/mol. The van der Waals surface area contributed by atoms with Gasteiger partial charge in [0.05, 0.1) is 6.20 Å². The molecular weight excluding hydrogens is 312 g/mol. The summed E-state index contributed by atoms with van der Waals surface area (Å²) in [4.78, 5) is 16.7. The van der Waals surface area contributed by atoms with Gasteiger partial charge in [0, 0.05) is 28.4 Å². The van der Waals surface area contributed by atoms with Gasteiger partial charge in [0.25, 0.3) is 5.91 Å². The van der Waals surface area contributed by atoms with Gasteiger partial charge in [-0.25, -0.2) is 9.50 Å². The van der Waals surface area contributed by atoms with E-state index in [2.05, 4.69) is 15.4 Å². The molecule has 0 aliphatic heterocycles. The van der Waals surface area contributed by atoms with Gasteiger partial charge in [-0.1, -0.05) is 36.7 Å². The van der Waals surface area contributed by atoms with E-state index in [-0.39, 0.29) is 11.9 Å². The molecule has 1 N–H and O–H groups in total. The van der Waals surface area contributed by atoms with E-state index in [0.29, 0.717) is 16.4 Å². The minimum atomic E-state index is -0.187. The molecule has 0 saturated heterocycles. The lowest BCUT2D eigenvalue weighted by Crippen LogP contribution is -2.32. The molecule has 3 aromatic rings. The molecule has 2 heterocycles. The summed E-state index contributed by atoms with van der Waals surface area (Å²) in [6.07, 6.45) is 4.31. The number of rotatable bonds is 4. The van der Waals surface area contributed by atoms with Gasteiger partial charge < -0.3 is 5.32 Å². The van der Waals surface area contributed by atoms with Gasteiger partial charge in [-0.2, -0.15) is 5.10 Å². The maximum atomic E-state index is 12.3. The van der Waals surface area contributed by atoms with Crippen molar-refractivity contribution in [3.8, 4) is 11.1 Å². The zero-order valence-corrected chi connectivity index (χ0v) is 13.7. The zero-order chi connectivity index (χ0) is 16.4. The number of carbonyl (C=O) groups is 1. The molecule has 1 amide bonds. The van der Waals surface area contributed by atoms with Gasteiger partial charge >= 0.3 is 0 Å². The number of hydrogen-bond acceptors (Lipinski definition) is 3. The summed E-state index contributed by atoms with van der Waals surface area (Å²) in [7, 11) is 0. The van der Waals surface area contributed by atoms with Crippen LogP contribution >= 0.6 is 11.6 Å². The standard InChI is InChI=1S/C17H17ClN4O/c1-3-11(2)20-17(23)15-8-9-22-16(21-15)13(10-19-22)12-6-4-5-7-14(12)18/h4-11H,3H2,1-2H3,(H,20,23). The van der Waals surface area contributed by atoms with E-state index in [1.165, 1.54) is 0 Å². The summed E-state index contributed by atoms with van der Waals surface area (Å²) in [5.74, 6) is -0.187. The second kappa shape index (κ2) is 6.38. The normalized spacial score (nSPS) is 12.3. The smallest absolute Gasteiger partial charge is 0.270 e. The first-order chi connectivity index (χ1) is 11.1. The van der Waals surface area contributed by atoms with Gasteiger partial charge in [0.15, 0.2) is 5.65 Å². The molecule has 0 aliphatic carbocycles. The predicted molar refractivity (Wildman–Crippen MR) is 90.7 cm³/mol. The molecule has 0 radical (unpaired) electrons. The van der Waals surface area contributed by atoms with Crippen molar-refractivity contribution in [1.29, 1.82) is 0 Å². The second-order valence-corrected chi connectivity index (χ2v) is 5.81. The molecule has 1 atom stereocenters. The lowest BCUT2D eigenvalue weighted by Gasteiger charge is -2.11. The Morgan fingerprint density at radius 1 is 1.30 bits per heavy atom. The topological polar surface area (TPSA) is 59.3 Å². The Morgan fingerprint density at radius 3 is 2.83 bits per heavy atom. The molecule has 1 unspecified atom stereocenters. The highest BCUT2D eigenvalue weighted by molar-refractivity contribution is 6.33. The summed E-state index contributed by atoms with van der Waals surface area (Å²) in [6.45, 7) is 3.98. The fourth-order valence-electron chi connectivity index (χ4n) is 2.26. The third-order valence-electron chi connectivity index (χ3n) is 3.76. The molecular formula is C17H17ClN4O. The van der Waals surface area contributed by atoms with E-state index in [9.17, 15) is 4.79 Å². The highest BCUT2D eigenvalue weighted by atomic mass is 35.5. The van der Waals surface area contributed by atoms with Crippen molar-refractivity contribution in [3.05, 3.63) is 53.4 Å². The molecule has 1 aromatic carbocycles. The first-order valence-electron chi connectivity index (χ1n) is 7.50. The number of fused-ring (bicyclic) bond motifs is 1. The number of benzene rings is 1. The van der Waals surface area contributed by atoms with Crippen LogP contribution in [0.2, 0.25) is 5.02 Å². The van der Waals surface area contributed by atoms with Crippen molar-refractivity contribution < 1.29 is 4.79 Å². The van der Waals surface area contributed by atoms with Crippen molar-refractivity contribution in [2.45, 2.75) is 26.3 Å². The van der Waals surface area contributed by atoms with Gasteiger partial charge in [-0.15, -0.1) is 0 Å². The van der Waals surface area contributed by atoms with Crippen LogP contribution in [0.25, 0.3) is 16.8 Å². The van der Waals surface area contributed by atoms with E-state index >= 15 is 0 Å². The minimum Gasteiger partial charge on any atom is -0.348 e. The largest absolute Gasteiger partial charge is 0.348 e. The van der Waals surface area contributed by atoms with Crippen LogP contribution in [0.4, 0.5) is 0 Å². The predicted octanol–water partition coefficient (Wildman–Crippen LogP) is 3.58. The summed E-state index contributed by atoms with van der Waals surface area (Å²) in [5, 5.41) is 7.82. The van der Waals surface area contributed by atoms with Crippen LogP contribution in [0.1, 0.15) is 30.8 Å². The Labute approximate surface area is 139 Å². The van der Waals surface area contributed by atoms with Crippen molar-refractivity contribution in [2.24, 2.45) is 0 Å². The van der Waals surface area contributed by atoms with E-state index in [0.717, 1.165) is 17.5 Å². The lowest BCUT2D eigenvalue weighted by molar-refractivity contribution is 0.0934. The molecule has 0 aliphatic rings. The molecule has 0 fully saturated rings. The highest BCUT2D eigenvalue weighted by Gasteiger charge is 2.15. The first-order valence-corrected chi connectivity index (χ1v) is 7.88. The molecule has 0 bridgehead atoms. The Bertz CT molecular complexity index is 859. The third-order valence-corrected chi connectivity index (χ3v) is 4.09. The number of hydrogen-bond donors (Lipinski definition) is 1. The maximum Gasteiger partial charge on any atom is 0.270 e. The Balaban J connectivity index is 2.04. The number of nitrogens with one attached hydrogen (secondary N) is 1. The maximum absolute atomic E-state index is 12.3. The quantitative estimate of drug-likeness (QED) is 0.796. The Kier molecular flexibility index (Phi) is 4.30. The summed E-state index contributed by atoms with van der Waals surface area (Å²) in [5.41, 5.74) is 2.62. The molecule has 118 valence electrons. The molecule has 0 spiro atoms. The molecule has 3 rings (SSSR count). The van der Waals surface area contributed by atoms with Crippen LogP contribution in [-0.4, -0.2) is 26.5 Å². The molecule has 5 nitrogen and oxygen atoms in total. The number of carbonyl (C=O) groups excluding carboxylic acids is 1. The Morgan fingerprint density at radius 2 is 2.09 bits per heavy atom. The summed E-state index contributed by atoms with van der Waals surface area (Å²) < 4.78 is 1.64. The molecule has 23 heavy (non-hydrogen) atoms. The first kappa shape index (κ1) is 15.5. The van der Waals surface area contributed by atoms with E-state index in [1.807, 2.05) is 38.1 Å². The summed E-state index contributed by atoms with van der Waals surface area (Å²) >= 11 is 6.26. The average Bonchev–Trinajstić information content (AvgIpc) is 2.98. The minimum absolute atomic E-state index is 0.105. The van der Waals surface area contributed by atoms with Crippen LogP contribution < -0.4 is 5.32 Å². The third kappa shape index (κ3) is 3.05. The number of amides is 1. The van der Waals surface area contributed by atoms with Gasteiger partial charge in [0.2, 0.25) is 0 Å². The lowest BCUT2D eigenvalue weighted by atomic mass is 10.1. The van der Waals surface area contributed by atoms with E-state index in [4.69, 9.17) is 11.6 Å². The van der Waals surface area contributed by atoms with Crippen LogP contribution in [0, 0.1) is 0 Å². The molecule has 2 aromatic heterocycles. The monoisotopic (exact) mass is 328 g/mol. The molecule has 6 heteroatoms. The SMILES string of the molecule is CCC(C)NC(=O)c1ccn2ncc(-c3ccccc3Cl)c2n1. The van der Waals surface area contributed by atoms with Crippen LogP contribution in [0.5, 0.6) is 0 Å². The van der Waals surface area contributed by atoms with Crippen molar-refractivity contribution >= 4 is 23.2 Å². The highest BCUT2D eigenvalue weighted by Crippen LogP contribution is 2.29. The zero-order valence-electron chi connectivity index (χ0n) is 13.0. The fraction of sp³-hybridized carbons (Fsp3) is 0.235. The fourth-order valence-corrected chi connectivity index (χ4v) is 2.50. The van der Waals surface area contributed by atoms with Gasteiger partial charge in [-0.05, 0) is 25.5 Å². The molecule has 0 saturated carbocycles. The van der Waals surface area contributed by atoms with E-state index < -0.39 is 0 Å². The van der Waals surface area contributed by atoms with Gasteiger partial charge in [0.1, 0.15) is 5.69 Å².